The van der Waals surface area contributed by atoms with Gasteiger partial charge < -0.3 is 24.4 Å². The quantitative estimate of drug-likeness (QED) is 0.356. The Balaban J connectivity index is 1.29. The van der Waals surface area contributed by atoms with Gasteiger partial charge in [-0.25, -0.2) is 4.79 Å². The number of aromatic nitrogens is 1. The minimum atomic E-state index is -0.870. The molecule has 6 rings (SSSR count). The summed E-state index contributed by atoms with van der Waals surface area (Å²) in [5.74, 6) is 1.34. The highest BCUT2D eigenvalue weighted by Gasteiger charge is 2.42. The second-order valence-electron chi connectivity index (χ2n) is 10.2. The number of nitrogens with one attached hydrogen (secondary N) is 1. The first-order valence-corrected chi connectivity index (χ1v) is 13.7. The standard InChI is InChI=1S/C33H33N3O4/c1-38-30-15-14-27(21-31(30)40-29-19-24-9-5-6-10-25(24)20-29)33(26-11-3-2-4-12-26)23-36(17-18-39-33)32(37)35-22-28-13-7-8-16-34-28/h2-16,21,29H,17-20,22-23H2,1H3,(H,35,37). The molecule has 0 radical (unpaired) electrons. The van der Waals surface area contributed by atoms with E-state index in [1.807, 2.05) is 71.6 Å². The van der Waals surface area contributed by atoms with Gasteiger partial charge in [-0.1, -0.05) is 66.7 Å². The number of methoxy groups -OCH3 is 1. The Kier molecular flexibility index (Phi) is 7.38. The molecule has 4 aromatic rings. The normalized spacial score (nSPS) is 18.7. The summed E-state index contributed by atoms with van der Waals surface area (Å²) in [7, 11) is 1.66. The number of nitrogens with zero attached hydrogens (tertiary/aromatic N) is 2. The van der Waals surface area contributed by atoms with E-state index in [4.69, 9.17) is 14.2 Å². The number of benzene rings is 3. The topological polar surface area (TPSA) is 72.9 Å². The van der Waals surface area contributed by atoms with Gasteiger partial charge in [0.25, 0.3) is 0 Å². The van der Waals surface area contributed by atoms with E-state index in [2.05, 4.69) is 34.6 Å². The highest BCUT2D eigenvalue weighted by Crippen LogP contribution is 2.41. The molecule has 0 bridgehead atoms. The van der Waals surface area contributed by atoms with Crippen LogP contribution in [0.3, 0.4) is 0 Å². The van der Waals surface area contributed by atoms with Crippen LogP contribution in [0.15, 0.2) is 97.2 Å². The summed E-state index contributed by atoms with van der Waals surface area (Å²) in [5.41, 5.74) is 4.47. The summed E-state index contributed by atoms with van der Waals surface area (Å²) in [6.07, 6.45) is 3.46. The van der Waals surface area contributed by atoms with Crippen molar-refractivity contribution in [2.24, 2.45) is 0 Å². The maximum atomic E-state index is 13.3. The predicted molar refractivity (Wildman–Crippen MR) is 152 cm³/mol. The summed E-state index contributed by atoms with van der Waals surface area (Å²) in [6, 6.07) is 30.0. The Morgan fingerprint density at radius 1 is 0.950 bits per heavy atom. The number of morpholine rings is 1. The third-order valence-corrected chi connectivity index (χ3v) is 7.73. The molecule has 1 unspecified atom stereocenters. The fourth-order valence-electron chi connectivity index (χ4n) is 5.70. The van der Waals surface area contributed by atoms with Crippen LogP contribution in [0.5, 0.6) is 11.5 Å². The maximum Gasteiger partial charge on any atom is 0.317 e. The van der Waals surface area contributed by atoms with Crippen LogP contribution in [0, 0.1) is 0 Å². The number of hydrogen-bond acceptors (Lipinski definition) is 5. The zero-order valence-corrected chi connectivity index (χ0v) is 22.6. The van der Waals surface area contributed by atoms with Crippen molar-refractivity contribution in [3.63, 3.8) is 0 Å². The Bertz CT molecular complexity index is 1440. The maximum absolute atomic E-state index is 13.3. The molecule has 1 atom stereocenters. The van der Waals surface area contributed by atoms with Crippen LogP contribution in [0.25, 0.3) is 0 Å². The third-order valence-electron chi connectivity index (χ3n) is 7.73. The fraction of sp³-hybridized carbons (Fsp3) is 0.273. The Morgan fingerprint density at radius 2 is 1.70 bits per heavy atom. The van der Waals surface area contributed by atoms with Crippen LogP contribution >= 0.6 is 0 Å². The summed E-state index contributed by atoms with van der Waals surface area (Å²) < 4.78 is 18.9. The number of urea groups is 1. The second-order valence-corrected chi connectivity index (χ2v) is 10.2. The van der Waals surface area contributed by atoms with Gasteiger partial charge in [-0.05, 0) is 46.5 Å². The molecule has 2 heterocycles. The molecule has 1 N–H and O–H groups in total. The van der Waals surface area contributed by atoms with Gasteiger partial charge >= 0.3 is 6.03 Å². The van der Waals surface area contributed by atoms with Crippen LogP contribution in [-0.4, -0.2) is 48.8 Å². The number of pyridine rings is 1. The van der Waals surface area contributed by atoms with Crippen molar-refractivity contribution >= 4 is 6.03 Å². The zero-order valence-electron chi connectivity index (χ0n) is 22.6. The van der Waals surface area contributed by atoms with Gasteiger partial charge in [0, 0.05) is 25.6 Å². The van der Waals surface area contributed by atoms with Gasteiger partial charge in [0.05, 0.1) is 32.5 Å². The first kappa shape index (κ1) is 25.9. The number of carbonyl (C=O) groups excluding carboxylic acids is 1. The molecule has 3 aromatic carbocycles. The van der Waals surface area contributed by atoms with Gasteiger partial charge in [0.1, 0.15) is 11.7 Å². The first-order valence-electron chi connectivity index (χ1n) is 13.7. The zero-order chi connectivity index (χ0) is 27.4. The second kappa shape index (κ2) is 11.4. The molecule has 1 aliphatic heterocycles. The van der Waals surface area contributed by atoms with Gasteiger partial charge in [0.2, 0.25) is 0 Å². The average molecular weight is 536 g/mol. The van der Waals surface area contributed by atoms with E-state index in [1.165, 1.54) is 11.1 Å². The number of amides is 2. The SMILES string of the molecule is COc1ccc(C2(c3ccccc3)CN(C(=O)NCc3ccccn3)CCO2)cc1OC1Cc2ccccc2C1. The van der Waals surface area contributed by atoms with Crippen LogP contribution < -0.4 is 14.8 Å². The van der Waals surface area contributed by atoms with Gasteiger partial charge in [-0.15, -0.1) is 0 Å². The van der Waals surface area contributed by atoms with E-state index in [-0.39, 0.29) is 12.1 Å². The lowest BCUT2D eigenvalue weighted by Gasteiger charge is -2.43. The highest BCUT2D eigenvalue weighted by atomic mass is 16.5. The summed E-state index contributed by atoms with van der Waals surface area (Å²) >= 11 is 0. The Morgan fingerprint density at radius 3 is 2.42 bits per heavy atom. The van der Waals surface area contributed by atoms with E-state index in [0.29, 0.717) is 37.7 Å². The smallest absolute Gasteiger partial charge is 0.317 e. The molecule has 0 saturated carbocycles. The van der Waals surface area contributed by atoms with Gasteiger partial charge in [0.15, 0.2) is 11.5 Å². The number of rotatable bonds is 7. The van der Waals surface area contributed by atoms with Crippen LogP contribution in [0.2, 0.25) is 0 Å². The monoisotopic (exact) mass is 535 g/mol. The van der Waals surface area contributed by atoms with Crippen molar-refractivity contribution in [1.82, 2.24) is 15.2 Å². The van der Waals surface area contributed by atoms with Crippen LogP contribution in [-0.2, 0) is 29.7 Å². The van der Waals surface area contributed by atoms with Crippen molar-refractivity contribution in [3.8, 4) is 11.5 Å². The van der Waals surface area contributed by atoms with Crippen molar-refractivity contribution < 1.29 is 19.0 Å². The van der Waals surface area contributed by atoms with E-state index in [1.54, 1.807) is 13.3 Å². The molecule has 1 saturated heterocycles. The van der Waals surface area contributed by atoms with Gasteiger partial charge in [-0.2, -0.15) is 0 Å². The molecule has 1 aromatic heterocycles. The van der Waals surface area contributed by atoms with Crippen molar-refractivity contribution in [2.75, 3.05) is 26.8 Å². The summed E-state index contributed by atoms with van der Waals surface area (Å²) in [6.45, 7) is 1.60. The van der Waals surface area contributed by atoms with Crippen LogP contribution in [0.4, 0.5) is 4.79 Å². The lowest BCUT2D eigenvalue weighted by Crippen LogP contribution is -2.54. The molecule has 2 aliphatic rings. The summed E-state index contributed by atoms with van der Waals surface area (Å²) in [5, 5.41) is 3.02. The van der Waals surface area contributed by atoms with E-state index in [9.17, 15) is 4.79 Å². The third kappa shape index (κ3) is 5.25. The molecule has 7 heteroatoms. The minimum Gasteiger partial charge on any atom is -0.493 e. The molecule has 204 valence electrons. The van der Waals surface area contributed by atoms with Crippen LogP contribution in [0.1, 0.15) is 27.9 Å². The van der Waals surface area contributed by atoms with Crippen molar-refractivity contribution in [3.05, 3.63) is 125 Å². The first-order chi connectivity index (χ1) is 19.6. The molecular formula is C33H33N3O4. The van der Waals surface area contributed by atoms with E-state index in [0.717, 1.165) is 29.7 Å². The molecule has 1 fully saturated rings. The molecule has 40 heavy (non-hydrogen) atoms. The van der Waals surface area contributed by atoms with Crippen molar-refractivity contribution in [2.45, 2.75) is 31.1 Å². The highest BCUT2D eigenvalue weighted by molar-refractivity contribution is 5.74. The Hall–Kier alpha value is -4.36. The number of ether oxygens (including phenoxy) is 3. The number of carbonyl (C=O) groups is 1. The lowest BCUT2D eigenvalue weighted by atomic mass is 9.84. The van der Waals surface area contributed by atoms with E-state index < -0.39 is 5.60 Å². The number of fused-ring (bicyclic) bond motifs is 1. The Labute approximate surface area is 234 Å². The molecule has 2 amide bonds. The molecule has 1 aliphatic carbocycles. The largest absolute Gasteiger partial charge is 0.493 e. The molecule has 7 nitrogen and oxygen atoms in total. The van der Waals surface area contributed by atoms with Gasteiger partial charge in [-0.3, -0.25) is 4.98 Å². The lowest BCUT2D eigenvalue weighted by molar-refractivity contribution is -0.0757. The molecular weight excluding hydrogens is 502 g/mol. The predicted octanol–water partition coefficient (Wildman–Crippen LogP) is 5.12. The number of hydrogen-bond donors (Lipinski definition) is 1. The van der Waals surface area contributed by atoms with E-state index >= 15 is 0 Å². The van der Waals surface area contributed by atoms with Crippen molar-refractivity contribution in [1.29, 1.82) is 0 Å². The minimum absolute atomic E-state index is 0.0235. The summed E-state index contributed by atoms with van der Waals surface area (Å²) in [4.78, 5) is 19.4. The fourth-order valence-corrected chi connectivity index (χ4v) is 5.70. The average Bonchev–Trinajstić information content (AvgIpc) is 3.43. The molecule has 0 spiro atoms.